The van der Waals surface area contributed by atoms with Gasteiger partial charge in [-0.1, -0.05) is 23.5 Å². The minimum Gasteiger partial charge on any atom is -0.305 e. The van der Waals surface area contributed by atoms with Gasteiger partial charge in [0.1, 0.15) is 5.82 Å². The fraction of sp³-hybridized carbons (Fsp3) is 0.273. The van der Waals surface area contributed by atoms with Crippen LogP contribution >= 0.6 is 11.5 Å². The van der Waals surface area contributed by atoms with Crippen LogP contribution in [0.15, 0.2) is 29.6 Å². The molecule has 0 aliphatic rings. The lowest BCUT2D eigenvalue weighted by Crippen LogP contribution is -2.22. The van der Waals surface area contributed by atoms with Gasteiger partial charge in [0.25, 0.3) is 0 Å². The lowest BCUT2D eigenvalue weighted by molar-refractivity contribution is 0.604. The van der Waals surface area contributed by atoms with Gasteiger partial charge in [0.15, 0.2) is 0 Å². The van der Waals surface area contributed by atoms with Crippen LogP contribution in [0.2, 0.25) is 0 Å². The van der Waals surface area contributed by atoms with Gasteiger partial charge in [0.2, 0.25) is 0 Å². The van der Waals surface area contributed by atoms with Crippen molar-refractivity contribution in [3.05, 3.63) is 46.7 Å². The molecule has 2 aromatic rings. The summed E-state index contributed by atoms with van der Waals surface area (Å²) in [6.07, 6.45) is 0. The van der Waals surface area contributed by atoms with Gasteiger partial charge < -0.3 is 5.32 Å². The second-order valence-corrected chi connectivity index (χ2v) is 3.98. The van der Waals surface area contributed by atoms with Gasteiger partial charge in [-0.25, -0.2) is 4.39 Å². The van der Waals surface area contributed by atoms with E-state index in [4.69, 9.17) is 0 Å². The van der Waals surface area contributed by atoms with Gasteiger partial charge in [-0.2, -0.15) is 0 Å². The maximum Gasteiger partial charge on any atom is 0.123 e. The highest BCUT2D eigenvalue weighted by molar-refractivity contribution is 7.03. The first-order valence-electron chi connectivity index (χ1n) is 5.07. The predicted molar refractivity (Wildman–Crippen MR) is 61.8 cm³/mol. The average molecular weight is 237 g/mol. The summed E-state index contributed by atoms with van der Waals surface area (Å²) < 4.78 is 16.7. The van der Waals surface area contributed by atoms with E-state index >= 15 is 0 Å². The number of hydrogen-bond acceptors (Lipinski definition) is 4. The summed E-state index contributed by atoms with van der Waals surface area (Å²) in [7, 11) is 0. The van der Waals surface area contributed by atoms with Gasteiger partial charge in [-0.3, -0.25) is 0 Å². The number of nitrogens with one attached hydrogen (secondary N) is 1. The van der Waals surface area contributed by atoms with Gasteiger partial charge in [0, 0.05) is 5.38 Å². The third-order valence-electron chi connectivity index (χ3n) is 2.28. The first kappa shape index (κ1) is 11.2. The zero-order valence-corrected chi connectivity index (χ0v) is 9.67. The molecule has 0 aliphatic heterocycles. The standard InChI is InChI=1S/C11H12FN3S/c1-2-13-11(10-7-16-15-14-10)8-3-5-9(12)6-4-8/h3-7,11,13H,2H2,1H3. The normalized spacial score (nSPS) is 12.6. The summed E-state index contributed by atoms with van der Waals surface area (Å²) in [4.78, 5) is 0. The molecule has 0 aliphatic carbocycles. The van der Waals surface area contributed by atoms with Crippen LogP contribution < -0.4 is 5.32 Å². The van der Waals surface area contributed by atoms with Crippen LogP contribution in [0.25, 0.3) is 0 Å². The number of aromatic nitrogens is 2. The van der Waals surface area contributed by atoms with Gasteiger partial charge in [-0.05, 0) is 35.8 Å². The maximum atomic E-state index is 12.8. The number of benzene rings is 1. The molecule has 0 amide bonds. The van der Waals surface area contributed by atoms with E-state index in [2.05, 4.69) is 14.9 Å². The molecule has 3 nitrogen and oxygen atoms in total. The molecule has 2 rings (SSSR count). The largest absolute Gasteiger partial charge is 0.305 e. The Bertz CT molecular complexity index is 427. The highest BCUT2D eigenvalue weighted by Crippen LogP contribution is 2.21. The van der Waals surface area contributed by atoms with E-state index in [0.717, 1.165) is 17.8 Å². The predicted octanol–water partition coefficient (Wildman–Crippen LogP) is 2.38. The molecule has 1 aromatic heterocycles. The molecule has 0 bridgehead atoms. The van der Waals surface area contributed by atoms with Crippen LogP contribution in [-0.2, 0) is 0 Å². The van der Waals surface area contributed by atoms with Crippen molar-refractivity contribution in [3.63, 3.8) is 0 Å². The van der Waals surface area contributed by atoms with E-state index in [1.165, 1.54) is 23.7 Å². The van der Waals surface area contributed by atoms with E-state index in [0.29, 0.717) is 0 Å². The Hall–Kier alpha value is -1.33. The smallest absolute Gasteiger partial charge is 0.123 e. The van der Waals surface area contributed by atoms with Crippen molar-refractivity contribution in [2.75, 3.05) is 6.54 Å². The van der Waals surface area contributed by atoms with Crippen molar-refractivity contribution in [1.29, 1.82) is 0 Å². The van der Waals surface area contributed by atoms with Crippen molar-refractivity contribution in [2.45, 2.75) is 13.0 Å². The van der Waals surface area contributed by atoms with Crippen LogP contribution in [-0.4, -0.2) is 16.1 Å². The fourth-order valence-electron chi connectivity index (χ4n) is 1.55. The van der Waals surface area contributed by atoms with Crippen LogP contribution in [0.1, 0.15) is 24.2 Å². The molecule has 16 heavy (non-hydrogen) atoms. The summed E-state index contributed by atoms with van der Waals surface area (Å²) in [5, 5.41) is 9.25. The minimum absolute atomic E-state index is 0.00986. The molecular formula is C11H12FN3S. The van der Waals surface area contributed by atoms with E-state index in [-0.39, 0.29) is 11.9 Å². The summed E-state index contributed by atoms with van der Waals surface area (Å²) in [5.41, 5.74) is 1.87. The topological polar surface area (TPSA) is 37.8 Å². The lowest BCUT2D eigenvalue weighted by Gasteiger charge is -2.15. The van der Waals surface area contributed by atoms with E-state index in [1.807, 2.05) is 12.3 Å². The van der Waals surface area contributed by atoms with Crippen molar-refractivity contribution >= 4 is 11.5 Å². The second-order valence-electron chi connectivity index (χ2n) is 3.37. The molecule has 0 fully saturated rings. The number of nitrogens with zero attached hydrogens (tertiary/aromatic N) is 2. The number of rotatable bonds is 4. The van der Waals surface area contributed by atoms with Crippen molar-refractivity contribution in [1.82, 2.24) is 14.9 Å². The Labute approximate surface area is 97.5 Å². The molecule has 1 heterocycles. The molecule has 0 spiro atoms. The van der Waals surface area contributed by atoms with Gasteiger partial charge >= 0.3 is 0 Å². The Kier molecular flexibility index (Phi) is 3.58. The number of halogens is 1. The van der Waals surface area contributed by atoms with Crippen LogP contribution in [0, 0.1) is 5.82 Å². The van der Waals surface area contributed by atoms with Gasteiger partial charge in [-0.15, -0.1) is 5.10 Å². The lowest BCUT2D eigenvalue weighted by atomic mass is 10.0. The zero-order chi connectivity index (χ0) is 11.4. The zero-order valence-electron chi connectivity index (χ0n) is 8.85. The quantitative estimate of drug-likeness (QED) is 0.887. The van der Waals surface area contributed by atoms with E-state index < -0.39 is 0 Å². The van der Waals surface area contributed by atoms with Crippen molar-refractivity contribution in [3.8, 4) is 0 Å². The monoisotopic (exact) mass is 237 g/mol. The third-order valence-corrected chi connectivity index (χ3v) is 2.81. The van der Waals surface area contributed by atoms with E-state index in [9.17, 15) is 4.39 Å². The van der Waals surface area contributed by atoms with Crippen LogP contribution in [0.4, 0.5) is 4.39 Å². The minimum atomic E-state index is -0.226. The fourth-order valence-corrected chi connectivity index (χ4v) is 2.03. The van der Waals surface area contributed by atoms with Crippen molar-refractivity contribution < 1.29 is 4.39 Å². The SMILES string of the molecule is CCNC(c1ccc(F)cc1)c1csnn1. The summed E-state index contributed by atoms with van der Waals surface area (Å²) in [5.74, 6) is -0.226. The highest BCUT2D eigenvalue weighted by Gasteiger charge is 2.15. The Balaban J connectivity index is 2.29. The average Bonchev–Trinajstić information content (AvgIpc) is 2.81. The Morgan fingerprint density at radius 3 is 2.69 bits per heavy atom. The molecule has 5 heteroatoms. The highest BCUT2D eigenvalue weighted by atomic mass is 32.1. The molecule has 1 aromatic carbocycles. The van der Waals surface area contributed by atoms with E-state index in [1.54, 1.807) is 12.1 Å². The molecule has 1 atom stereocenters. The molecule has 1 N–H and O–H groups in total. The third kappa shape index (κ3) is 2.43. The second kappa shape index (κ2) is 5.14. The molecule has 0 saturated carbocycles. The van der Waals surface area contributed by atoms with Gasteiger partial charge in [0.05, 0.1) is 11.7 Å². The maximum absolute atomic E-state index is 12.8. The summed E-state index contributed by atoms with van der Waals surface area (Å²) in [6.45, 7) is 2.84. The molecular weight excluding hydrogens is 225 g/mol. The molecule has 0 saturated heterocycles. The molecule has 84 valence electrons. The first-order chi connectivity index (χ1) is 7.81. The molecule has 0 radical (unpaired) electrons. The first-order valence-corrected chi connectivity index (χ1v) is 5.90. The Morgan fingerprint density at radius 1 is 1.38 bits per heavy atom. The summed E-state index contributed by atoms with van der Waals surface area (Å²) >= 11 is 1.32. The van der Waals surface area contributed by atoms with Crippen LogP contribution in [0.3, 0.4) is 0 Å². The Morgan fingerprint density at radius 2 is 2.12 bits per heavy atom. The van der Waals surface area contributed by atoms with Crippen molar-refractivity contribution in [2.24, 2.45) is 0 Å². The number of hydrogen-bond donors (Lipinski definition) is 1. The van der Waals surface area contributed by atoms with Crippen LogP contribution in [0.5, 0.6) is 0 Å². The summed E-state index contributed by atoms with van der Waals surface area (Å²) in [6, 6.07) is 6.44. The molecule has 1 unspecified atom stereocenters.